The zero-order chi connectivity index (χ0) is 16.2. The maximum Gasteiger partial charge on any atom is 0.0795 e. The van der Waals surface area contributed by atoms with E-state index in [0.717, 1.165) is 30.9 Å². The van der Waals surface area contributed by atoms with Gasteiger partial charge in [-0.1, -0.05) is 36.4 Å². The second-order valence-corrected chi connectivity index (χ2v) is 7.89. The van der Waals surface area contributed by atoms with E-state index >= 15 is 0 Å². The van der Waals surface area contributed by atoms with Gasteiger partial charge in [-0.25, -0.2) is 0 Å². The van der Waals surface area contributed by atoms with Gasteiger partial charge in [-0.2, -0.15) is 11.8 Å². The van der Waals surface area contributed by atoms with E-state index in [1.807, 2.05) is 24.0 Å². The summed E-state index contributed by atoms with van der Waals surface area (Å²) < 4.78 is 6.17. The number of ether oxygens (including phenoxy) is 1. The lowest BCUT2D eigenvalue weighted by Crippen LogP contribution is -2.48. The van der Waals surface area contributed by atoms with Crippen molar-refractivity contribution in [3.63, 3.8) is 0 Å². The van der Waals surface area contributed by atoms with Gasteiger partial charge in [0, 0.05) is 24.6 Å². The average Bonchev–Trinajstić information content (AvgIpc) is 3.09. The lowest BCUT2D eigenvalue weighted by atomic mass is 9.88. The van der Waals surface area contributed by atoms with Crippen LogP contribution in [0.25, 0.3) is 0 Å². The van der Waals surface area contributed by atoms with E-state index in [1.165, 1.54) is 17.7 Å². The highest BCUT2D eigenvalue weighted by atomic mass is 32.2. The second-order valence-electron chi connectivity index (χ2n) is 6.79. The monoisotopic (exact) mass is 340 g/mol. The van der Waals surface area contributed by atoms with Crippen molar-refractivity contribution in [2.45, 2.75) is 36.9 Å². The third kappa shape index (κ3) is 3.51. The molecule has 1 aromatic carbocycles. The first kappa shape index (κ1) is 16.1. The average molecular weight is 340 g/mol. The number of nitrogens with one attached hydrogen (secondary N) is 1. The third-order valence-electron chi connectivity index (χ3n) is 5.08. The van der Waals surface area contributed by atoms with E-state index in [9.17, 15) is 0 Å². The Bertz CT molecular complexity index is 604. The van der Waals surface area contributed by atoms with Gasteiger partial charge in [0.1, 0.15) is 0 Å². The van der Waals surface area contributed by atoms with Crippen LogP contribution in [-0.2, 0) is 4.74 Å². The summed E-state index contributed by atoms with van der Waals surface area (Å²) in [4.78, 5) is 4.61. The molecule has 0 bridgehead atoms. The van der Waals surface area contributed by atoms with Gasteiger partial charge in [-0.15, -0.1) is 0 Å². The molecule has 126 valence electrons. The van der Waals surface area contributed by atoms with Crippen LogP contribution in [0.2, 0.25) is 0 Å². The molecule has 1 spiro atoms. The molecule has 4 rings (SSSR count). The third-order valence-corrected chi connectivity index (χ3v) is 6.30. The van der Waals surface area contributed by atoms with Crippen LogP contribution in [-0.4, -0.2) is 34.7 Å². The summed E-state index contributed by atoms with van der Waals surface area (Å²) in [7, 11) is 0. The van der Waals surface area contributed by atoms with Crippen LogP contribution in [0.1, 0.15) is 36.6 Å². The molecule has 2 fully saturated rings. The Kier molecular flexibility index (Phi) is 4.88. The van der Waals surface area contributed by atoms with Crippen LogP contribution in [0.5, 0.6) is 0 Å². The lowest BCUT2D eigenvalue weighted by Gasteiger charge is -2.39. The zero-order valence-corrected chi connectivity index (χ0v) is 14.7. The Balaban J connectivity index is 1.56. The first-order chi connectivity index (χ1) is 11.8. The van der Waals surface area contributed by atoms with E-state index in [4.69, 9.17) is 4.74 Å². The van der Waals surface area contributed by atoms with Gasteiger partial charge in [0.15, 0.2) is 0 Å². The number of thioether (sulfide) groups is 1. The normalized spacial score (nSPS) is 28.1. The molecule has 1 N–H and O–H groups in total. The highest BCUT2D eigenvalue weighted by Crippen LogP contribution is 2.39. The molecular formula is C20H24N2OS. The lowest BCUT2D eigenvalue weighted by molar-refractivity contribution is -0.0709. The number of nitrogens with zero attached hydrogens (tertiary/aromatic N) is 1. The van der Waals surface area contributed by atoms with Crippen molar-refractivity contribution in [1.29, 1.82) is 0 Å². The topological polar surface area (TPSA) is 34.1 Å². The fraction of sp³-hybridized carbons (Fsp3) is 0.450. The minimum Gasteiger partial charge on any atom is -0.374 e. The summed E-state index contributed by atoms with van der Waals surface area (Å²) in [5.74, 6) is 2.37. The first-order valence-electron chi connectivity index (χ1n) is 8.78. The molecule has 0 radical (unpaired) electrons. The van der Waals surface area contributed by atoms with E-state index in [2.05, 4.69) is 52.8 Å². The molecule has 3 atom stereocenters. The molecule has 24 heavy (non-hydrogen) atoms. The largest absolute Gasteiger partial charge is 0.374 e. The number of pyridine rings is 1. The first-order valence-corrected chi connectivity index (χ1v) is 9.94. The minimum atomic E-state index is 0.103. The second kappa shape index (κ2) is 7.26. The van der Waals surface area contributed by atoms with Gasteiger partial charge in [-0.3, -0.25) is 4.98 Å². The Hall–Kier alpha value is -1.36. The van der Waals surface area contributed by atoms with Crippen LogP contribution < -0.4 is 5.32 Å². The van der Waals surface area contributed by atoms with Crippen LogP contribution in [0.15, 0.2) is 54.7 Å². The van der Waals surface area contributed by atoms with Crippen molar-refractivity contribution in [3.05, 3.63) is 66.0 Å². The molecule has 1 aromatic heterocycles. The maximum atomic E-state index is 6.17. The van der Waals surface area contributed by atoms with Gasteiger partial charge in [0.05, 0.1) is 17.3 Å². The number of hydrogen-bond acceptors (Lipinski definition) is 4. The van der Waals surface area contributed by atoms with Crippen molar-refractivity contribution in [2.75, 3.05) is 18.1 Å². The van der Waals surface area contributed by atoms with Gasteiger partial charge >= 0.3 is 0 Å². The van der Waals surface area contributed by atoms with Gasteiger partial charge in [0.25, 0.3) is 0 Å². The standard InChI is InChI=1S/C20H24N2OS/c1-2-6-16(7-3-1)19(18-8-4-5-11-21-18)22-17-9-12-23-20(14-17)10-13-24-15-20/h1-8,11,17,19,22H,9-10,12-15H2/t17-,19+,20+/m1/s1. The van der Waals surface area contributed by atoms with E-state index in [-0.39, 0.29) is 11.6 Å². The number of rotatable bonds is 4. The van der Waals surface area contributed by atoms with Crippen LogP contribution in [0.3, 0.4) is 0 Å². The summed E-state index contributed by atoms with van der Waals surface area (Å²) in [6.45, 7) is 0.863. The quantitative estimate of drug-likeness (QED) is 0.918. The molecule has 3 nitrogen and oxygen atoms in total. The Labute approximate surface area is 148 Å². The number of benzene rings is 1. The van der Waals surface area contributed by atoms with Gasteiger partial charge in [0.2, 0.25) is 0 Å². The Morgan fingerprint density at radius 3 is 2.79 bits per heavy atom. The predicted molar refractivity (Wildman–Crippen MR) is 99.3 cm³/mol. The zero-order valence-electron chi connectivity index (χ0n) is 13.9. The van der Waals surface area contributed by atoms with Crippen LogP contribution in [0, 0.1) is 0 Å². The van der Waals surface area contributed by atoms with Crippen molar-refractivity contribution in [1.82, 2.24) is 10.3 Å². The SMILES string of the molecule is c1ccc([C@H](N[C@@H]2CCO[C@@]3(CCSC3)C2)c2ccccn2)cc1. The van der Waals surface area contributed by atoms with E-state index in [0.29, 0.717) is 6.04 Å². The van der Waals surface area contributed by atoms with Crippen molar-refractivity contribution in [3.8, 4) is 0 Å². The van der Waals surface area contributed by atoms with Crippen molar-refractivity contribution in [2.24, 2.45) is 0 Å². The van der Waals surface area contributed by atoms with E-state index in [1.54, 1.807) is 0 Å². The molecule has 2 aromatic rings. The molecular weight excluding hydrogens is 316 g/mol. The summed E-state index contributed by atoms with van der Waals surface area (Å²) >= 11 is 2.03. The smallest absolute Gasteiger partial charge is 0.0795 e. The fourth-order valence-corrected chi connectivity index (χ4v) is 5.19. The molecule has 2 aliphatic heterocycles. The Morgan fingerprint density at radius 2 is 2.04 bits per heavy atom. The Morgan fingerprint density at radius 1 is 1.17 bits per heavy atom. The molecule has 4 heteroatoms. The highest BCUT2D eigenvalue weighted by Gasteiger charge is 2.41. The molecule has 0 unspecified atom stereocenters. The summed E-state index contributed by atoms with van der Waals surface area (Å²) in [6, 6.07) is 17.4. The predicted octanol–water partition coefficient (Wildman–Crippen LogP) is 3.82. The molecule has 2 saturated heterocycles. The minimum absolute atomic E-state index is 0.103. The molecule has 0 amide bonds. The van der Waals surface area contributed by atoms with Crippen LogP contribution in [0.4, 0.5) is 0 Å². The van der Waals surface area contributed by atoms with Gasteiger partial charge in [-0.05, 0) is 42.7 Å². The summed E-state index contributed by atoms with van der Waals surface area (Å²) in [6.07, 6.45) is 5.25. The van der Waals surface area contributed by atoms with Crippen molar-refractivity contribution >= 4 is 11.8 Å². The fourth-order valence-electron chi connectivity index (χ4n) is 3.81. The number of hydrogen-bond donors (Lipinski definition) is 1. The maximum absolute atomic E-state index is 6.17. The van der Waals surface area contributed by atoms with Crippen molar-refractivity contribution < 1.29 is 4.74 Å². The van der Waals surface area contributed by atoms with Crippen LogP contribution >= 0.6 is 11.8 Å². The molecule has 3 heterocycles. The molecule has 2 aliphatic rings. The van der Waals surface area contributed by atoms with Gasteiger partial charge < -0.3 is 10.1 Å². The summed E-state index contributed by atoms with van der Waals surface area (Å²) in [5.41, 5.74) is 2.47. The van der Waals surface area contributed by atoms with E-state index < -0.39 is 0 Å². The highest BCUT2D eigenvalue weighted by molar-refractivity contribution is 7.99. The molecule has 0 saturated carbocycles. The molecule has 0 aliphatic carbocycles. The number of aromatic nitrogens is 1. The summed E-state index contributed by atoms with van der Waals surface area (Å²) in [5, 5.41) is 3.89.